The molecule has 0 aliphatic rings. The normalized spacial score (nSPS) is 11.7. The van der Waals surface area contributed by atoms with E-state index in [1.54, 1.807) is 6.92 Å². The first-order valence-electron chi connectivity index (χ1n) is 10.7. The molecule has 1 heterocycles. The van der Waals surface area contributed by atoms with E-state index in [4.69, 9.17) is 0 Å². The van der Waals surface area contributed by atoms with Crippen LogP contribution in [-0.4, -0.2) is 28.1 Å². The maximum atomic E-state index is 12.5. The van der Waals surface area contributed by atoms with E-state index in [0.717, 1.165) is 23.4 Å². The average molecular weight is 437 g/mol. The lowest BCUT2D eigenvalue weighted by atomic mass is 10.0. The predicted molar refractivity (Wildman–Crippen MR) is 125 cm³/mol. The Morgan fingerprint density at radius 3 is 2.42 bits per heavy atom. The molecule has 162 valence electrons. The zero-order valence-electron chi connectivity index (χ0n) is 17.9. The summed E-state index contributed by atoms with van der Waals surface area (Å²) in [5, 5.41) is 14.7. The Bertz CT molecular complexity index is 986. The summed E-state index contributed by atoms with van der Waals surface area (Å²) in [6.45, 7) is 3.85. The molecular weight excluding hydrogens is 408 g/mol. The average Bonchev–Trinajstić information content (AvgIpc) is 3.26. The number of nitrogens with zero attached hydrogens (tertiary/aromatic N) is 2. The summed E-state index contributed by atoms with van der Waals surface area (Å²) >= 11 is 1.29. The fraction of sp³-hybridized carbons (Fsp3) is 0.333. The third-order valence-corrected chi connectivity index (χ3v) is 5.84. The maximum absolute atomic E-state index is 12.5. The van der Waals surface area contributed by atoms with Crippen molar-refractivity contribution in [3.63, 3.8) is 0 Å². The van der Waals surface area contributed by atoms with Crippen LogP contribution in [-0.2, 0) is 11.2 Å². The van der Waals surface area contributed by atoms with E-state index in [-0.39, 0.29) is 11.8 Å². The summed E-state index contributed by atoms with van der Waals surface area (Å²) in [6.07, 6.45) is 5.89. The summed E-state index contributed by atoms with van der Waals surface area (Å²) < 4.78 is 0. The second-order valence-electron chi connectivity index (χ2n) is 7.47. The van der Waals surface area contributed by atoms with Gasteiger partial charge in [-0.1, -0.05) is 80.0 Å². The Balaban J connectivity index is 1.50. The number of benzene rings is 2. The third kappa shape index (κ3) is 6.72. The highest BCUT2D eigenvalue weighted by molar-refractivity contribution is 7.18. The second kappa shape index (κ2) is 11.4. The van der Waals surface area contributed by atoms with E-state index in [1.165, 1.54) is 36.2 Å². The van der Waals surface area contributed by atoms with Gasteiger partial charge in [0.05, 0.1) is 0 Å². The van der Waals surface area contributed by atoms with Crippen LogP contribution in [0.25, 0.3) is 10.6 Å². The minimum atomic E-state index is -0.703. The Hall–Kier alpha value is -3.06. The molecule has 0 aliphatic carbocycles. The lowest BCUT2D eigenvalue weighted by Gasteiger charge is -2.13. The van der Waals surface area contributed by atoms with Gasteiger partial charge in [-0.25, -0.2) is 0 Å². The predicted octanol–water partition coefficient (Wildman–Crippen LogP) is 5.08. The fourth-order valence-electron chi connectivity index (χ4n) is 3.11. The van der Waals surface area contributed by atoms with Crippen LogP contribution in [0.1, 0.15) is 55.5 Å². The number of aryl methyl sites for hydroxylation is 1. The Labute approximate surface area is 187 Å². The van der Waals surface area contributed by atoms with E-state index in [1.807, 2.05) is 54.6 Å². The molecule has 1 aromatic heterocycles. The Morgan fingerprint density at radius 2 is 1.71 bits per heavy atom. The van der Waals surface area contributed by atoms with Gasteiger partial charge in [0.2, 0.25) is 11.0 Å². The van der Waals surface area contributed by atoms with Gasteiger partial charge in [0.25, 0.3) is 5.91 Å². The van der Waals surface area contributed by atoms with Crippen LogP contribution in [0.5, 0.6) is 0 Å². The van der Waals surface area contributed by atoms with Gasteiger partial charge in [-0.15, -0.1) is 10.2 Å². The van der Waals surface area contributed by atoms with E-state index in [0.29, 0.717) is 10.7 Å². The van der Waals surface area contributed by atoms with Crippen LogP contribution in [0.4, 0.5) is 5.13 Å². The van der Waals surface area contributed by atoms with Crippen molar-refractivity contribution in [3.8, 4) is 10.6 Å². The van der Waals surface area contributed by atoms with Gasteiger partial charge >= 0.3 is 0 Å². The van der Waals surface area contributed by atoms with Crippen LogP contribution in [0.15, 0.2) is 54.6 Å². The van der Waals surface area contributed by atoms with Crippen molar-refractivity contribution in [2.24, 2.45) is 0 Å². The summed E-state index contributed by atoms with van der Waals surface area (Å²) in [6, 6.07) is 16.5. The summed E-state index contributed by atoms with van der Waals surface area (Å²) in [4.78, 5) is 25.0. The third-order valence-electron chi connectivity index (χ3n) is 4.95. The van der Waals surface area contributed by atoms with Crippen molar-refractivity contribution in [1.82, 2.24) is 15.5 Å². The molecule has 1 unspecified atom stereocenters. The lowest BCUT2D eigenvalue weighted by molar-refractivity contribution is -0.117. The number of hydrogen-bond acceptors (Lipinski definition) is 5. The van der Waals surface area contributed by atoms with E-state index < -0.39 is 6.04 Å². The van der Waals surface area contributed by atoms with Crippen LogP contribution in [0.2, 0.25) is 0 Å². The number of nitrogens with one attached hydrogen (secondary N) is 2. The molecule has 6 nitrogen and oxygen atoms in total. The number of carbonyl (C=O) groups excluding carboxylic acids is 2. The van der Waals surface area contributed by atoms with Gasteiger partial charge in [-0.05, 0) is 37.5 Å². The van der Waals surface area contributed by atoms with E-state index >= 15 is 0 Å². The summed E-state index contributed by atoms with van der Waals surface area (Å²) in [5.41, 5.74) is 2.71. The molecule has 7 heteroatoms. The molecule has 0 spiro atoms. The number of aromatic nitrogens is 2. The fourth-order valence-corrected chi connectivity index (χ4v) is 3.86. The van der Waals surface area contributed by atoms with E-state index in [9.17, 15) is 9.59 Å². The SMILES string of the molecule is CCCCCCc1ccc(C(=O)NC(C)C(=O)Nc2nnc(-c3ccccc3)s2)cc1. The smallest absolute Gasteiger partial charge is 0.251 e. The van der Waals surface area contributed by atoms with Crippen LogP contribution in [0.3, 0.4) is 0 Å². The van der Waals surface area contributed by atoms with Crippen molar-refractivity contribution in [3.05, 3.63) is 65.7 Å². The molecule has 3 rings (SSSR count). The summed E-state index contributed by atoms with van der Waals surface area (Å²) in [7, 11) is 0. The quantitative estimate of drug-likeness (QED) is 0.434. The lowest BCUT2D eigenvalue weighted by Crippen LogP contribution is -2.41. The first-order chi connectivity index (χ1) is 15.1. The van der Waals surface area contributed by atoms with Crippen molar-refractivity contribution in [2.45, 2.75) is 52.0 Å². The largest absolute Gasteiger partial charge is 0.341 e. The highest BCUT2D eigenvalue weighted by Crippen LogP contribution is 2.25. The van der Waals surface area contributed by atoms with Crippen LogP contribution in [0, 0.1) is 0 Å². The van der Waals surface area contributed by atoms with Crippen molar-refractivity contribution < 1.29 is 9.59 Å². The van der Waals surface area contributed by atoms with E-state index in [2.05, 4.69) is 27.8 Å². The molecule has 0 saturated heterocycles. The number of unbranched alkanes of at least 4 members (excludes halogenated alkanes) is 3. The molecule has 0 fully saturated rings. The van der Waals surface area contributed by atoms with Gasteiger partial charge in [0.1, 0.15) is 11.0 Å². The minimum absolute atomic E-state index is 0.276. The number of carbonyl (C=O) groups is 2. The molecular formula is C24H28N4O2S. The van der Waals surface area contributed by atoms with Crippen LogP contribution < -0.4 is 10.6 Å². The van der Waals surface area contributed by atoms with Crippen LogP contribution >= 0.6 is 11.3 Å². The number of anilines is 1. The number of rotatable bonds is 10. The van der Waals surface area contributed by atoms with Gasteiger partial charge in [0, 0.05) is 11.1 Å². The van der Waals surface area contributed by atoms with Crippen molar-refractivity contribution in [2.75, 3.05) is 5.32 Å². The highest BCUT2D eigenvalue weighted by atomic mass is 32.1. The monoisotopic (exact) mass is 436 g/mol. The number of hydrogen-bond donors (Lipinski definition) is 2. The summed E-state index contributed by atoms with van der Waals surface area (Å²) in [5.74, 6) is -0.612. The molecule has 31 heavy (non-hydrogen) atoms. The molecule has 0 radical (unpaired) electrons. The topological polar surface area (TPSA) is 84.0 Å². The molecule has 1 atom stereocenters. The van der Waals surface area contributed by atoms with Gasteiger partial charge in [-0.3, -0.25) is 14.9 Å². The molecule has 2 amide bonds. The van der Waals surface area contributed by atoms with Gasteiger partial charge in [-0.2, -0.15) is 0 Å². The van der Waals surface area contributed by atoms with Crippen molar-refractivity contribution >= 4 is 28.3 Å². The van der Waals surface area contributed by atoms with Gasteiger partial charge in [0.15, 0.2) is 0 Å². The molecule has 0 saturated carbocycles. The highest BCUT2D eigenvalue weighted by Gasteiger charge is 2.18. The minimum Gasteiger partial charge on any atom is -0.341 e. The molecule has 0 bridgehead atoms. The number of amides is 2. The second-order valence-corrected chi connectivity index (χ2v) is 8.45. The van der Waals surface area contributed by atoms with Crippen molar-refractivity contribution in [1.29, 1.82) is 0 Å². The first-order valence-corrected chi connectivity index (χ1v) is 11.5. The zero-order chi connectivity index (χ0) is 22.1. The zero-order valence-corrected chi connectivity index (χ0v) is 18.7. The van der Waals surface area contributed by atoms with Gasteiger partial charge < -0.3 is 5.32 Å². The Kier molecular flexibility index (Phi) is 8.29. The molecule has 2 aromatic carbocycles. The molecule has 3 aromatic rings. The standard InChI is InChI=1S/C24H28N4O2S/c1-3-4-5-7-10-18-13-15-19(16-14-18)22(30)25-17(2)21(29)26-24-28-27-23(31-24)20-11-8-6-9-12-20/h6,8-9,11-17H,3-5,7,10H2,1-2H3,(H,25,30)(H,26,28,29). The Morgan fingerprint density at radius 1 is 0.968 bits per heavy atom. The maximum Gasteiger partial charge on any atom is 0.251 e. The molecule has 0 aliphatic heterocycles. The molecule has 2 N–H and O–H groups in total. The first kappa shape index (κ1) is 22.6.